The van der Waals surface area contributed by atoms with Gasteiger partial charge < -0.3 is 10.0 Å². The van der Waals surface area contributed by atoms with Crippen LogP contribution in [0, 0.1) is 10.1 Å². The number of benzene rings is 1. The number of carbonyl (C=O) groups is 1. The fourth-order valence-electron chi connectivity index (χ4n) is 2.95. The van der Waals surface area contributed by atoms with Gasteiger partial charge in [0.25, 0.3) is 5.69 Å². The van der Waals surface area contributed by atoms with E-state index in [0.717, 1.165) is 24.9 Å². The molecule has 1 fully saturated rings. The highest BCUT2D eigenvalue weighted by molar-refractivity contribution is 5.93. The first-order valence-electron chi connectivity index (χ1n) is 6.72. The summed E-state index contributed by atoms with van der Waals surface area (Å²) in [5, 5.41) is 20.0. The lowest BCUT2D eigenvalue weighted by Crippen LogP contribution is -2.43. The molecule has 1 saturated heterocycles. The second kappa shape index (κ2) is 5.48. The molecule has 1 aliphatic rings. The highest BCUT2D eigenvalue weighted by atomic mass is 16.6. The average Bonchev–Trinajstić information content (AvgIpc) is 2.38. The summed E-state index contributed by atoms with van der Waals surface area (Å²) in [6, 6.07) is 4.96. The molecule has 2 rings (SSSR count). The van der Waals surface area contributed by atoms with E-state index in [1.54, 1.807) is 6.07 Å². The van der Waals surface area contributed by atoms with Crippen molar-refractivity contribution < 1.29 is 14.8 Å². The first-order valence-corrected chi connectivity index (χ1v) is 6.72. The number of hydrogen-bond acceptors (Lipinski definition) is 4. The molecular formula is C14H18N2O4. The van der Waals surface area contributed by atoms with Crippen molar-refractivity contribution in [2.45, 2.75) is 45.2 Å². The normalized spacial score (nSPS) is 22.6. The minimum absolute atomic E-state index is 0.252. The first kappa shape index (κ1) is 14.3. The van der Waals surface area contributed by atoms with Gasteiger partial charge in [-0.1, -0.05) is 0 Å². The Balaban J connectivity index is 2.45. The molecule has 2 atom stereocenters. The summed E-state index contributed by atoms with van der Waals surface area (Å²) in [7, 11) is 0. The lowest BCUT2D eigenvalue weighted by molar-refractivity contribution is -0.385. The van der Waals surface area contributed by atoms with E-state index in [1.165, 1.54) is 12.1 Å². The third kappa shape index (κ3) is 2.59. The first-order chi connectivity index (χ1) is 9.41. The molecule has 0 aromatic heterocycles. The Labute approximate surface area is 117 Å². The van der Waals surface area contributed by atoms with E-state index in [9.17, 15) is 14.9 Å². The van der Waals surface area contributed by atoms with Gasteiger partial charge in [0.2, 0.25) is 0 Å². The van der Waals surface area contributed by atoms with Gasteiger partial charge >= 0.3 is 5.97 Å². The van der Waals surface area contributed by atoms with Crippen LogP contribution in [0.15, 0.2) is 18.2 Å². The fourth-order valence-corrected chi connectivity index (χ4v) is 2.95. The molecule has 0 bridgehead atoms. The zero-order valence-corrected chi connectivity index (χ0v) is 11.6. The molecule has 1 aliphatic heterocycles. The summed E-state index contributed by atoms with van der Waals surface area (Å²) in [5.74, 6) is -1.27. The summed E-state index contributed by atoms with van der Waals surface area (Å²) < 4.78 is 0. The standard InChI is InChI=1S/C14H18N2O4/c1-9-4-3-5-10(2)15(9)11-6-7-13(16(19)20)12(8-11)14(17)18/h6-10H,3-5H2,1-2H3,(H,17,18)/t9-,10+. The number of anilines is 1. The van der Waals surface area contributed by atoms with Crippen molar-refractivity contribution in [2.24, 2.45) is 0 Å². The maximum atomic E-state index is 11.2. The molecule has 1 N–H and O–H groups in total. The van der Waals surface area contributed by atoms with Crippen molar-refractivity contribution in [3.63, 3.8) is 0 Å². The number of rotatable bonds is 3. The van der Waals surface area contributed by atoms with E-state index in [1.807, 2.05) is 0 Å². The van der Waals surface area contributed by atoms with Crippen molar-refractivity contribution in [1.82, 2.24) is 0 Å². The highest BCUT2D eigenvalue weighted by Crippen LogP contribution is 2.32. The molecule has 0 amide bonds. The van der Waals surface area contributed by atoms with Crippen LogP contribution in [0.1, 0.15) is 43.5 Å². The zero-order valence-electron chi connectivity index (χ0n) is 11.6. The van der Waals surface area contributed by atoms with E-state index >= 15 is 0 Å². The monoisotopic (exact) mass is 278 g/mol. The third-order valence-electron chi connectivity index (χ3n) is 3.90. The van der Waals surface area contributed by atoms with Crippen LogP contribution in [0.2, 0.25) is 0 Å². The van der Waals surface area contributed by atoms with Gasteiger partial charge in [0.05, 0.1) is 4.92 Å². The summed E-state index contributed by atoms with van der Waals surface area (Å²) in [6.07, 6.45) is 3.24. The van der Waals surface area contributed by atoms with Gasteiger partial charge in [-0.2, -0.15) is 0 Å². The quantitative estimate of drug-likeness (QED) is 0.678. The van der Waals surface area contributed by atoms with Gasteiger partial charge in [-0.05, 0) is 45.2 Å². The average molecular weight is 278 g/mol. The molecule has 20 heavy (non-hydrogen) atoms. The largest absolute Gasteiger partial charge is 0.477 e. The maximum absolute atomic E-state index is 11.2. The van der Waals surface area contributed by atoms with E-state index < -0.39 is 10.9 Å². The third-order valence-corrected chi connectivity index (χ3v) is 3.90. The number of hydrogen-bond donors (Lipinski definition) is 1. The van der Waals surface area contributed by atoms with E-state index in [-0.39, 0.29) is 11.3 Å². The van der Waals surface area contributed by atoms with Gasteiger partial charge in [-0.25, -0.2) is 4.79 Å². The maximum Gasteiger partial charge on any atom is 0.342 e. The molecule has 0 spiro atoms. The Bertz CT molecular complexity index is 534. The lowest BCUT2D eigenvalue weighted by Gasteiger charge is -2.41. The molecular weight excluding hydrogens is 260 g/mol. The molecule has 1 heterocycles. The van der Waals surface area contributed by atoms with Crippen LogP contribution in [0.3, 0.4) is 0 Å². The number of nitrogens with zero attached hydrogens (tertiary/aromatic N) is 2. The van der Waals surface area contributed by atoms with Crippen molar-refractivity contribution in [2.75, 3.05) is 4.90 Å². The second-order valence-electron chi connectivity index (χ2n) is 5.30. The SMILES string of the molecule is C[C@@H]1CCC[C@H](C)N1c1ccc([N+](=O)[O-])c(C(=O)O)c1. The molecule has 0 saturated carbocycles. The van der Waals surface area contributed by atoms with Crippen LogP contribution in [-0.4, -0.2) is 28.1 Å². The van der Waals surface area contributed by atoms with Gasteiger partial charge in [0, 0.05) is 23.8 Å². The second-order valence-corrected chi connectivity index (χ2v) is 5.30. The number of piperidine rings is 1. The highest BCUT2D eigenvalue weighted by Gasteiger charge is 2.27. The molecule has 6 heteroatoms. The Hall–Kier alpha value is -2.11. The van der Waals surface area contributed by atoms with Crippen molar-refractivity contribution in [3.8, 4) is 0 Å². The van der Waals surface area contributed by atoms with Crippen LogP contribution >= 0.6 is 0 Å². The van der Waals surface area contributed by atoms with E-state index in [0.29, 0.717) is 12.1 Å². The van der Waals surface area contributed by atoms with E-state index in [4.69, 9.17) is 5.11 Å². The summed E-state index contributed by atoms with van der Waals surface area (Å²) in [4.78, 5) is 23.6. The molecule has 1 aromatic rings. The molecule has 1 aromatic carbocycles. The summed E-state index contributed by atoms with van der Waals surface area (Å²) in [6.45, 7) is 4.19. The van der Waals surface area contributed by atoms with Gasteiger partial charge in [-0.15, -0.1) is 0 Å². The Morgan fingerprint density at radius 2 is 1.95 bits per heavy atom. The van der Waals surface area contributed by atoms with Gasteiger partial charge in [0.1, 0.15) is 5.56 Å². The van der Waals surface area contributed by atoms with Crippen molar-refractivity contribution >= 4 is 17.3 Å². The predicted octanol–water partition coefficient (Wildman–Crippen LogP) is 3.06. The smallest absolute Gasteiger partial charge is 0.342 e. The van der Waals surface area contributed by atoms with Crippen molar-refractivity contribution in [3.05, 3.63) is 33.9 Å². The number of aromatic carboxylic acids is 1. The van der Waals surface area contributed by atoms with Crippen LogP contribution in [-0.2, 0) is 0 Å². The fraction of sp³-hybridized carbons (Fsp3) is 0.500. The van der Waals surface area contributed by atoms with Crippen LogP contribution in [0.25, 0.3) is 0 Å². The Kier molecular flexibility index (Phi) is 3.92. The number of nitro groups is 1. The lowest BCUT2D eigenvalue weighted by atomic mass is 9.96. The molecule has 0 unspecified atom stereocenters. The Morgan fingerprint density at radius 3 is 2.45 bits per heavy atom. The number of nitro benzene ring substituents is 1. The topological polar surface area (TPSA) is 83.7 Å². The van der Waals surface area contributed by atoms with Crippen LogP contribution in [0.4, 0.5) is 11.4 Å². The number of carboxylic acids is 1. The zero-order chi connectivity index (χ0) is 14.9. The van der Waals surface area contributed by atoms with Crippen LogP contribution < -0.4 is 4.90 Å². The summed E-state index contributed by atoms with van der Waals surface area (Å²) in [5.41, 5.74) is 0.128. The minimum atomic E-state index is -1.27. The molecule has 0 aliphatic carbocycles. The molecule has 6 nitrogen and oxygen atoms in total. The van der Waals surface area contributed by atoms with Gasteiger partial charge in [0.15, 0.2) is 0 Å². The van der Waals surface area contributed by atoms with Crippen molar-refractivity contribution in [1.29, 1.82) is 0 Å². The van der Waals surface area contributed by atoms with E-state index in [2.05, 4.69) is 18.7 Å². The minimum Gasteiger partial charge on any atom is -0.477 e. The molecule has 108 valence electrons. The van der Waals surface area contributed by atoms with Gasteiger partial charge in [-0.3, -0.25) is 10.1 Å². The number of carboxylic acid groups (broad SMARTS) is 1. The van der Waals surface area contributed by atoms with Crippen LogP contribution in [0.5, 0.6) is 0 Å². The summed E-state index contributed by atoms with van der Waals surface area (Å²) >= 11 is 0. The predicted molar refractivity (Wildman–Crippen MR) is 75.3 cm³/mol. The Morgan fingerprint density at radius 1 is 1.35 bits per heavy atom. The molecule has 0 radical (unpaired) electrons.